The van der Waals surface area contributed by atoms with E-state index in [2.05, 4.69) is 118 Å². The molecule has 0 spiro atoms. The quantitative estimate of drug-likeness (QED) is 0.147. The molecule has 2 heteroatoms. The van der Waals surface area contributed by atoms with Gasteiger partial charge in [0.15, 0.2) is 0 Å². The van der Waals surface area contributed by atoms with E-state index < -0.39 is 0 Å². The second-order valence-electron chi connectivity index (χ2n) is 7.50. The van der Waals surface area contributed by atoms with Crippen molar-refractivity contribution in [3.8, 4) is 0 Å². The van der Waals surface area contributed by atoms with Gasteiger partial charge in [-0.15, -0.1) is 64.0 Å². The van der Waals surface area contributed by atoms with Crippen LogP contribution in [0.3, 0.4) is 0 Å². The first-order valence-corrected chi connectivity index (χ1v) is 12.5. The minimum atomic E-state index is 0. The Hall–Kier alpha value is -1.77. The summed E-state index contributed by atoms with van der Waals surface area (Å²) in [5, 5.41) is 8.16. The summed E-state index contributed by atoms with van der Waals surface area (Å²) >= 11 is 0. The third-order valence-corrected chi connectivity index (χ3v) is 5.40. The Kier molecular flexibility index (Phi) is 9.94. The first kappa shape index (κ1) is 24.5. The zero-order chi connectivity index (χ0) is 20.6. The maximum atomic E-state index is 2.29. The van der Waals surface area contributed by atoms with Crippen LogP contribution in [0.2, 0.25) is 13.1 Å². The van der Waals surface area contributed by atoms with Crippen LogP contribution >= 0.6 is 0 Å². The zero-order valence-corrected chi connectivity index (χ0v) is 23.0. The van der Waals surface area contributed by atoms with E-state index in [1.165, 1.54) is 44.3 Å². The van der Waals surface area contributed by atoms with Gasteiger partial charge in [-0.3, -0.25) is 0 Å². The molecule has 0 aliphatic rings. The van der Waals surface area contributed by atoms with Gasteiger partial charge in [0.2, 0.25) is 0 Å². The van der Waals surface area contributed by atoms with Crippen molar-refractivity contribution in [3.05, 3.63) is 96.6 Å². The van der Waals surface area contributed by atoms with E-state index in [0.717, 1.165) is 9.52 Å². The summed E-state index contributed by atoms with van der Waals surface area (Å²) in [6, 6.07) is 32.4. The molecular formula is C28H30HfSi-2. The van der Waals surface area contributed by atoms with Gasteiger partial charge in [0, 0.05) is 35.4 Å². The van der Waals surface area contributed by atoms with Crippen LogP contribution in [0.1, 0.15) is 31.7 Å². The van der Waals surface area contributed by atoms with E-state index in [0.29, 0.717) is 5.92 Å². The molecule has 5 rings (SSSR count). The van der Waals surface area contributed by atoms with Crippen LogP contribution in [0.5, 0.6) is 0 Å². The van der Waals surface area contributed by atoms with Crippen molar-refractivity contribution in [1.29, 1.82) is 0 Å². The molecule has 1 atom stereocenters. The normalized spacial score (nSPS) is 11.2. The summed E-state index contributed by atoms with van der Waals surface area (Å²) in [5.41, 5.74) is 1.50. The molecule has 0 aromatic heterocycles. The van der Waals surface area contributed by atoms with Gasteiger partial charge >= 0.3 is 0 Å². The zero-order valence-electron chi connectivity index (χ0n) is 18.4. The first-order chi connectivity index (χ1) is 14.2. The van der Waals surface area contributed by atoms with E-state index in [4.69, 9.17) is 0 Å². The Morgan fingerprint density at radius 1 is 0.767 bits per heavy atom. The Morgan fingerprint density at radius 2 is 1.40 bits per heavy atom. The number of rotatable bonds is 2. The average Bonchev–Trinajstić information content (AvgIpc) is 3.41. The fraction of sp³-hybridized carbons (Fsp3) is 0.214. The van der Waals surface area contributed by atoms with Crippen LogP contribution in [0.15, 0.2) is 91.0 Å². The van der Waals surface area contributed by atoms with Crippen LogP contribution in [-0.2, 0) is 25.8 Å². The summed E-state index contributed by atoms with van der Waals surface area (Å²) in [4.78, 5) is 0. The molecule has 5 aromatic rings. The molecule has 0 nitrogen and oxygen atoms in total. The molecule has 1 unspecified atom stereocenters. The Balaban J connectivity index is 0.000000184. The molecule has 0 bridgehead atoms. The van der Waals surface area contributed by atoms with Crippen molar-refractivity contribution in [2.24, 2.45) is 0 Å². The van der Waals surface area contributed by atoms with Gasteiger partial charge in [-0.25, -0.2) is 0 Å². The van der Waals surface area contributed by atoms with Gasteiger partial charge < -0.3 is 0 Å². The summed E-state index contributed by atoms with van der Waals surface area (Å²) in [6.45, 7) is 8.84. The molecule has 5 aromatic carbocycles. The molecule has 0 heterocycles. The number of fused-ring (bicyclic) bond motifs is 4. The molecule has 0 saturated heterocycles. The van der Waals surface area contributed by atoms with Crippen LogP contribution in [-0.4, -0.2) is 9.52 Å². The van der Waals surface area contributed by atoms with Crippen molar-refractivity contribution in [1.82, 2.24) is 0 Å². The molecule has 30 heavy (non-hydrogen) atoms. The minimum absolute atomic E-state index is 0. The number of hydrogen-bond donors (Lipinski definition) is 0. The largest absolute Gasteiger partial charge is 0.168 e. The molecule has 0 saturated carbocycles. The van der Waals surface area contributed by atoms with Crippen molar-refractivity contribution in [2.75, 3.05) is 0 Å². The Bertz CT molecular complexity index is 1160. The van der Waals surface area contributed by atoms with Crippen molar-refractivity contribution >= 4 is 41.8 Å². The van der Waals surface area contributed by atoms with Gasteiger partial charge in [0.1, 0.15) is 0 Å². The molecule has 0 N–H and O–H groups in total. The maximum absolute atomic E-state index is 2.29. The van der Waals surface area contributed by atoms with E-state index in [-0.39, 0.29) is 25.8 Å². The number of hydrogen-bond acceptors (Lipinski definition) is 0. The second-order valence-corrected chi connectivity index (χ2v) is 8.50. The predicted octanol–water partition coefficient (Wildman–Crippen LogP) is 8.57. The van der Waals surface area contributed by atoms with Crippen LogP contribution < -0.4 is 0 Å². The molecular weight excluding hydrogens is 543 g/mol. The fourth-order valence-corrected chi connectivity index (χ4v) is 3.72. The third-order valence-electron chi connectivity index (χ3n) is 5.40. The standard InChI is InChI=1S/C13H9.C13H15.C2H6Si.Hf/c1-2-6-12-10(4-1)8-9-11-5-3-7-13(11)12;1-3-10(2)12-9-8-11-6-4-5-7-13(11)12;1-3-2;/h1-9H;4-10H,3H2,1-2H3;1-2H3;/q2*-1;;. The van der Waals surface area contributed by atoms with Gasteiger partial charge in [0.25, 0.3) is 0 Å². The first-order valence-electron chi connectivity index (χ1n) is 10.5. The van der Waals surface area contributed by atoms with Gasteiger partial charge in [0.05, 0.1) is 0 Å². The minimum Gasteiger partial charge on any atom is -0.168 e. The van der Waals surface area contributed by atoms with Gasteiger partial charge in [-0.05, 0) is 5.39 Å². The molecule has 0 fully saturated rings. The SMILES string of the molecule is CCC(C)c1c[cH-]c2ccccc12.C[Si]C.[Hf].c1ccc2c(c1)ccc1[cH-]ccc12. The molecule has 2 radical (unpaired) electrons. The Labute approximate surface area is 202 Å². The van der Waals surface area contributed by atoms with E-state index in [9.17, 15) is 0 Å². The topological polar surface area (TPSA) is 0 Å². The van der Waals surface area contributed by atoms with E-state index in [1.54, 1.807) is 0 Å². The summed E-state index contributed by atoms with van der Waals surface area (Å²) in [6.07, 6.45) is 1.22. The average molecular weight is 573 g/mol. The third kappa shape index (κ3) is 5.68. The molecule has 0 amide bonds. The Morgan fingerprint density at radius 3 is 2.13 bits per heavy atom. The number of benzene rings is 3. The smallest absolute Gasteiger partial charge is 0.0307 e. The maximum Gasteiger partial charge on any atom is 0.0307 e. The summed E-state index contributed by atoms with van der Waals surface area (Å²) in [7, 11) is 1.08. The van der Waals surface area contributed by atoms with Gasteiger partial charge in [-0.2, -0.15) is 17.7 Å². The molecule has 152 valence electrons. The van der Waals surface area contributed by atoms with Crippen LogP contribution in [0.4, 0.5) is 0 Å². The second kappa shape index (κ2) is 12.2. The van der Waals surface area contributed by atoms with Gasteiger partial charge in [-0.1, -0.05) is 81.1 Å². The van der Waals surface area contributed by atoms with E-state index in [1.807, 2.05) is 0 Å². The predicted molar refractivity (Wildman–Crippen MR) is 133 cm³/mol. The summed E-state index contributed by atoms with van der Waals surface area (Å²) in [5.74, 6) is 0.680. The molecule has 0 aliphatic carbocycles. The van der Waals surface area contributed by atoms with Crippen molar-refractivity contribution < 1.29 is 25.8 Å². The fourth-order valence-electron chi connectivity index (χ4n) is 3.72. The van der Waals surface area contributed by atoms with E-state index >= 15 is 0 Å². The summed E-state index contributed by atoms with van der Waals surface area (Å²) < 4.78 is 0. The monoisotopic (exact) mass is 574 g/mol. The van der Waals surface area contributed by atoms with Crippen molar-refractivity contribution in [2.45, 2.75) is 39.3 Å². The van der Waals surface area contributed by atoms with Crippen LogP contribution in [0.25, 0.3) is 32.3 Å². The van der Waals surface area contributed by atoms with Crippen LogP contribution in [0, 0.1) is 0 Å². The molecule has 0 aliphatic heterocycles. The van der Waals surface area contributed by atoms with Crippen molar-refractivity contribution in [3.63, 3.8) is 0 Å².